The molecule has 0 aliphatic rings. The van der Waals surface area contributed by atoms with Crippen LogP contribution in [-0.4, -0.2) is 36.3 Å². The highest BCUT2D eigenvalue weighted by molar-refractivity contribution is 7.90. The average Bonchev–Trinajstić information content (AvgIpc) is 2.78. The van der Waals surface area contributed by atoms with E-state index in [1.54, 1.807) is 13.1 Å². The Kier molecular flexibility index (Phi) is 4.52. The molecule has 0 unspecified atom stereocenters. The molecule has 0 radical (unpaired) electrons. The van der Waals surface area contributed by atoms with Crippen LogP contribution in [0.3, 0.4) is 0 Å². The number of urea groups is 1. The molecule has 0 saturated heterocycles. The summed E-state index contributed by atoms with van der Waals surface area (Å²) in [6, 6.07) is 4.88. The number of anilines is 1. The number of sulfonamides is 1. The Balaban J connectivity index is 2.13. The number of hydrogen-bond donors (Lipinski definition) is 2. The van der Waals surface area contributed by atoms with Crippen LogP contribution < -0.4 is 14.8 Å². The lowest BCUT2D eigenvalue weighted by Gasteiger charge is -2.07. The number of aryl methyl sites for hydroxylation is 1. The molecule has 2 rings (SSSR count). The molecule has 0 spiro atoms. The van der Waals surface area contributed by atoms with E-state index >= 15 is 0 Å². The molecule has 11 heteroatoms. The topological polar surface area (TPSA) is 115 Å². The van der Waals surface area contributed by atoms with E-state index in [1.807, 2.05) is 4.72 Å². The lowest BCUT2D eigenvalue weighted by atomic mass is 10.4. The molecule has 0 aliphatic carbocycles. The van der Waals surface area contributed by atoms with Gasteiger partial charge in [0.15, 0.2) is 0 Å². The van der Waals surface area contributed by atoms with Gasteiger partial charge in [-0.15, -0.1) is 5.10 Å². The maximum absolute atomic E-state index is 12.1. The second kappa shape index (κ2) is 6.20. The molecule has 1 aromatic heterocycles. The van der Waals surface area contributed by atoms with Crippen LogP contribution in [0.4, 0.5) is 10.7 Å². The smallest absolute Gasteiger partial charge is 0.335 e. The molecule has 0 bridgehead atoms. The van der Waals surface area contributed by atoms with E-state index in [0.717, 1.165) is 0 Å². The van der Waals surface area contributed by atoms with Gasteiger partial charge in [-0.25, -0.2) is 22.6 Å². The Morgan fingerprint density at radius 3 is 2.64 bits per heavy atom. The molecule has 1 aromatic carbocycles. The molecule has 0 aliphatic heterocycles. The first-order valence-corrected chi connectivity index (χ1v) is 7.73. The fraction of sp³-hybridized carbons (Fsp3) is 0.182. The number of hydrogen-bond acceptors (Lipinski definition) is 6. The van der Waals surface area contributed by atoms with Gasteiger partial charge in [-0.05, 0) is 12.1 Å². The second-order valence-electron chi connectivity index (χ2n) is 4.04. The van der Waals surface area contributed by atoms with Gasteiger partial charge in [-0.2, -0.15) is 4.98 Å². The fourth-order valence-electron chi connectivity index (χ4n) is 1.57. The van der Waals surface area contributed by atoms with Crippen molar-refractivity contribution in [2.45, 2.75) is 4.90 Å². The quantitative estimate of drug-likeness (QED) is 0.853. The van der Waals surface area contributed by atoms with E-state index in [1.165, 1.54) is 30.0 Å². The van der Waals surface area contributed by atoms with Crippen molar-refractivity contribution in [3.05, 3.63) is 29.3 Å². The third-order valence-electron chi connectivity index (χ3n) is 2.48. The maximum Gasteiger partial charge on any atom is 0.335 e. The summed E-state index contributed by atoms with van der Waals surface area (Å²) in [5.41, 5.74) is 0. The molecule has 0 saturated carbocycles. The van der Waals surface area contributed by atoms with Crippen LogP contribution in [0.1, 0.15) is 0 Å². The lowest BCUT2D eigenvalue weighted by Crippen LogP contribution is -2.34. The number of rotatable bonds is 4. The number of benzene rings is 1. The first kappa shape index (κ1) is 16.0. The number of nitrogens with zero attached hydrogens (tertiary/aromatic N) is 3. The van der Waals surface area contributed by atoms with Crippen molar-refractivity contribution < 1.29 is 17.9 Å². The van der Waals surface area contributed by atoms with Gasteiger partial charge in [0.25, 0.3) is 16.0 Å². The van der Waals surface area contributed by atoms with Gasteiger partial charge in [0, 0.05) is 7.05 Å². The van der Waals surface area contributed by atoms with Gasteiger partial charge >= 0.3 is 12.0 Å². The maximum atomic E-state index is 12.1. The van der Waals surface area contributed by atoms with Crippen molar-refractivity contribution in [1.29, 1.82) is 0 Å². The molecular formula is C11H12ClN5O4S. The molecule has 9 nitrogen and oxygen atoms in total. The normalized spacial score (nSPS) is 11.0. The largest absolute Gasteiger partial charge is 0.467 e. The number of halogens is 1. The van der Waals surface area contributed by atoms with Gasteiger partial charge in [-0.3, -0.25) is 5.32 Å². The number of carbonyl (C=O) groups excluding carboxylic acids is 1. The van der Waals surface area contributed by atoms with Crippen LogP contribution in [0.25, 0.3) is 0 Å². The highest BCUT2D eigenvalue weighted by Crippen LogP contribution is 2.20. The molecule has 0 atom stereocenters. The minimum atomic E-state index is -4.11. The van der Waals surface area contributed by atoms with Crippen LogP contribution in [0.2, 0.25) is 5.02 Å². The molecule has 118 valence electrons. The molecule has 2 N–H and O–H groups in total. The van der Waals surface area contributed by atoms with Crippen molar-refractivity contribution in [2.24, 2.45) is 7.05 Å². The Morgan fingerprint density at radius 1 is 1.36 bits per heavy atom. The first-order valence-electron chi connectivity index (χ1n) is 5.87. The van der Waals surface area contributed by atoms with Crippen molar-refractivity contribution in [2.75, 3.05) is 12.4 Å². The summed E-state index contributed by atoms with van der Waals surface area (Å²) in [5, 5.41) is 6.02. The number of ether oxygens (including phenoxy) is 1. The summed E-state index contributed by atoms with van der Waals surface area (Å²) < 4.78 is 32.1. The standard InChI is InChI=1S/C11H12ClN5O4S/c1-17-11(21-2)14-9(15-17)13-10(18)16-22(19,20)8-6-4-3-5-7(8)12/h3-6H,1-2H3,(H2,13,15,16,18). The summed E-state index contributed by atoms with van der Waals surface area (Å²) in [7, 11) is -1.17. The van der Waals surface area contributed by atoms with Gasteiger partial charge in [0.1, 0.15) is 4.90 Å². The predicted octanol–water partition coefficient (Wildman–Crippen LogP) is 0.987. The highest BCUT2D eigenvalue weighted by Gasteiger charge is 2.21. The van der Waals surface area contributed by atoms with Crippen molar-refractivity contribution >= 4 is 33.6 Å². The van der Waals surface area contributed by atoms with Crippen LogP contribution in [0, 0.1) is 0 Å². The minimum Gasteiger partial charge on any atom is -0.467 e. The van der Waals surface area contributed by atoms with Gasteiger partial charge in [0.05, 0.1) is 12.1 Å². The third-order valence-corrected chi connectivity index (χ3v) is 4.32. The van der Waals surface area contributed by atoms with Gasteiger partial charge < -0.3 is 4.74 Å². The number of methoxy groups -OCH3 is 1. The highest BCUT2D eigenvalue weighted by atomic mass is 35.5. The minimum absolute atomic E-state index is 0.000398. The number of aromatic nitrogens is 3. The Labute approximate surface area is 131 Å². The van der Waals surface area contributed by atoms with E-state index in [-0.39, 0.29) is 21.9 Å². The molecule has 0 fully saturated rings. The molecule has 1 heterocycles. The van der Waals surface area contributed by atoms with Crippen LogP contribution in [0.15, 0.2) is 29.2 Å². The van der Waals surface area contributed by atoms with E-state index in [4.69, 9.17) is 16.3 Å². The zero-order valence-corrected chi connectivity index (χ0v) is 13.1. The summed E-state index contributed by atoms with van der Waals surface area (Å²) in [6.07, 6.45) is 0. The summed E-state index contributed by atoms with van der Waals surface area (Å²) in [6.45, 7) is 0. The Morgan fingerprint density at radius 2 is 2.05 bits per heavy atom. The summed E-state index contributed by atoms with van der Waals surface area (Å²) >= 11 is 5.80. The zero-order chi connectivity index (χ0) is 16.3. The van der Waals surface area contributed by atoms with Crippen LogP contribution in [-0.2, 0) is 17.1 Å². The van der Waals surface area contributed by atoms with Crippen LogP contribution >= 0.6 is 11.6 Å². The third kappa shape index (κ3) is 3.46. The van der Waals surface area contributed by atoms with Crippen molar-refractivity contribution in [3.8, 4) is 6.01 Å². The average molecular weight is 346 g/mol. The zero-order valence-electron chi connectivity index (χ0n) is 11.6. The van der Waals surface area contributed by atoms with Crippen molar-refractivity contribution in [3.63, 3.8) is 0 Å². The van der Waals surface area contributed by atoms with E-state index in [0.29, 0.717) is 0 Å². The van der Waals surface area contributed by atoms with Crippen LogP contribution in [0.5, 0.6) is 6.01 Å². The second-order valence-corrected chi connectivity index (χ2v) is 6.09. The number of amides is 2. The van der Waals surface area contributed by atoms with Gasteiger partial charge in [-0.1, -0.05) is 23.7 Å². The predicted molar refractivity (Wildman–Crippen MR) is 78.3 cm³/mol. The molecular weight excluding hydrogens is 334 g/mol. The first-order chi connectivity index (χ1) is 10.3. The SMILES string of the molecule is COc1nc(NC(=O)NS(=O)(=O)c2ccccc2Cl)nn1C. The molecule has 22 heavy (non-hydrogen) atoms. The number of nitrogens with one attached hydrogen (secondary N) is 2. The number of carbonyl (C=O) groups is 1. The van der Waals surface area contributed by atoms with Gasteiger partial charge in [0.2, 0.25) is 0 Å². The van der Waals surface area contributed by atoms with E-state index in [2.05, 4.69) is 15.4 Å². The summed E-state index contributed by atoms with van der Waals surface area (Å²) in [5.74, 6) is -0.105. The summed E-state index contributed by atoms with van der Waals surface area (Å²) in [4.78, 5) is 15.4. The fourth-order valence-corrected chi connectivity index (χ4v) is 3.00. The van der Waals surface area contributed by atoms with E-state index < -0.39 is 16.1 Å². The lowest BCUT2D eigenvalue weighted by molar-refractivity contribution is 0.256. The van der Waals surface area contributed by atoms with E-state index in [9.17, 15) is 13.2 Å². The van der Waals surface area contributed by atoms with Crippen molar-refractivity contribution in [1.82, 2.24) is 19.5 Å². The molecule has 2 aromatic rings. The Bertz CT molecular complexity index is 805. The Hall–Kier alpha value is -2.33. The molecule has 2 amide bonds. The monoisotopic (exact) mass is 345 g/mol.